The Morgan fingerprint density at radius 2 is 1.86 bits per heavy atom. The van der Waals surface area contributed by atoms with E-state index in [9.17, 15) is 8.42 Å². The molecule has 0 bridgehead atoms. The lowest BCUT2D eigenvalue weighted by Crippen LogP contribution is -2.43. The minimum Gasteiger partial charge on any atom is -0.330 e. The molecule has 3 N–H and O–H groups in total. The van der Waals surface area contributed by atoms with Gasteiger partial charge in [0.05, 0.1) is 0 Å². The molecule has 0 atom stereocenters. The van der Waals surface area contributed by atoms with Crippen LogP contribution in [-0.4, -0.2) is 38.9 Å². The first kappa shape index (κ1) is 11.9. The summed E-state index contributed by atoms with van der Waals surface area (Å²) < 4.78 is 27.3. The molecule has 14 heavy (non-hydrogen) atoms. The van der Waals surface area contributed by atoms with Crippen molar-refractivity contribution in [2.24, 2.45) is 5.73 Å². The van der Waals surface area contributed by atoms with Crippen molar-refractivity contribution in [3.8, 4) is 0 Å². The third-order valence-electron chi connectivity index (χ3n) is 2.32. The summed E-state index contributed by atoms with van der Waals surface area (Å²) in [6, 6.07) is 0. The van der Waals surface area contributed by atoms with Crippen molar-refractivity contribution in [2.45, 2.75) is 25.7 Å². The van der Waals surface area contributed by atoms with Crippen molar-refractivity contribution in [1.29, 1.82) is 0 Å². The smallest absolute Gasteiger partial charge is 0.279 e. The van der Waals surface area contributed by atoms with Crippen LogP contribution in [0.4, 0.5) is 0 Å². The second kappa shape index (κ2) is 5.65. The zero-order valence-electron chi connectivity index (χ0n) is 8.41. The van der Waals surface area contributed by atoms with Gasteiger partial charge in [0.15, 0.2) is 0 Å². The Morgan fingerprint density at radius 1 is 1.21 bits per heavy atom. The summed E-state index contributed by atoms with van der Waals surface area (Å²) in [4.78, 5) is 0. The average Bonchev–Trinajstić information content (AvgIpc) is 2.19. The molecule has 0 saturated carbocycles. The molecule has 0 radical (unpaired) electrons. The van der Waals surface area contributed by atoms with Crippen molar-refractivity contribution in [3.63, 3.8) is 0 Å². The minimum atomic E-state index is -3.23. The van der Waals surface area contributed by atoms with Crippen LogP contribution in [0.2, 0.25) is 0 Å². The molecule has 1 rings (SSSR count). The average molecular weight is 221 g/mol. The van der Waals surface area contributed by atoms with Gasteiger partial charge in [-0.15, -0.1) is 0 Å². The van der Waals surface area contributed by atoms with E-state index in [-0.39, 0.29) is 0 Å². The lowest BCUT2D eigenvalue weighted by Gasteiger charge is -2.25. The molecule has 1 saturated heterocycles. The fraction of sp³-hybridized carbons (Fsp3) is 1.00. The molecule has 0 aromatic carbocycles. The molecule has 1 fully saturated rings. The van der Waals surface area contributed by atoms with E-state index in [4.69, 9.17) is 5.73 Å². The Kier molecular flexibility index (Phi) is 4.80. The molecular formula is C8H19N3O2S. The third-order valence-corrected chi connectivity index (χ3v) is 3.93. The molecule has 1 aliphatic heterocycles. The second-order valence-electron chi connectivity index (χ2n) is 3.50. The van der Waals surface area contributed by atoms with E-state index in [2.05, 4.69) is 4.72 Å². The number of hydrogen-bond donors (Lipinski definition) is 2. The van der Waals surface area contributed by atoms with Gasteiger partial charge >= 0.3 is 0 Å². The predicted molar refractivity (Wildman–Crippen MR) is 56.0 cm³/mol. The summed E-state index contributed by atoms with van der Waals surface area (Å²) in [5.41, 5.74) is 5.29. The monoisotopic (exact) mass is 221 g/mol. The maximum Gasteiger partial charge on any atom is 0.279 e. The van der Waals surface area contributed by atoms with Gasteiger partial charge in [-0.25, -0.2) is 4.72 Å². The lowest BCUT2D eigenvalue weighted by atomic mass is 10.2. The quantitative estimate of drug-likeness (QED) is 0.623. The van der Waals surface area contributed by atoms with E-state index < -0.39 is 10.2 Å². The molecule has 0 aromatic rings. The Labute approximate surface area is 85.8 Å². The first-order valence-corrected chi connectivity index (χ1v) is 6.55. The highest BCUT2D eigenvalue weighted by molar-refractivity contribution is 7.87. The summed E-state index contributed by atoms with van der Waals surface area (Å²) in [6.45, 7) is 2.26. The summed E-state index contributed by atoms with van der Waals surface area (Å²) in [7, 11) is -3.23. The first-order valence-electron chi connectivity index (χ1n) is 5.11. The van der Waals surface area contributed by atoms with Gasteiger partial charge in [0, 0.05) is 19.6 Å². The van der Waals surface area contributed by atoms with Crippen LogP contribution in [0.5, 0.6) is 0 Å². The number of nitrogens with two attached hydrogens (primary N) is 1. The standard InChI is InChI=1S/C8H19N3O2S/c9-5-4-6-10-14(12,13)11-7-2-1-3-8-11/h10H,1-9H2. The van der Waals surface area contributed by atoms with Crippen molar-refractivity contribution >= 4 is 10.2 Å². The molecule has 0 aliphatic carbocycles. The maximum atomic E-state index is 11.6. The van der Waals surface area contributed by atoms with Crippen LogP contribution < -0.4 is 10.5 Å². The van der Waals surface area contributed by atoms with Gasteiger partial charge < -0.3 is 5.73 Å². The van der Waals surface area contributed by atoms with Crippen LogP contribution in [0.3, 0.4) is 0 Å². The largest absolute Gasteiger partial charge is 0.330 e. The van der Waals surface area contributed by atoms with Crippen LogP contribution >= 0.6 is 0 Å². The zero-order chi connectivity index (χ0) is 10.4. The van der Waals surface area contributed by atoms with Crippen molar-refractivity contribution in [3.05, 3.63) is 0 Å². The molecule has 0 unspecified atom stereocenters. The molecule has 0 amide bonds. The Hall–Kier alpha value is -0.170. The summed E-state index contributed by atoms with van der Waals surface area (Å²) in [5, 5.41) is 0. The molecule has 1 heterocycles. The van der Waals surface area contributed by atoms with E-state index in [1.165, 1.54) is 4.31 Å². The van der Waals surface area contributed by atoms with Crippen LogP contribution in [0.25, 0.3) is 0 Å². The van der Waals surface area contributed by atoms with Crippen LogP contribution in [-0.2, 0) is 10.2 Å². The summed E-state index contributed by atoms with van der Waals surface area (Å²) in [5.74, 6) is 0. The highest BCUT2D eigenvalue weighted by atomic mass is 32.2. The zero-order valence-corrected chi connectivity index (χ0v) is 9.22. The lowest BCUT2D eigenvalue weighted by molar-refractivity contribution is 0.341. The molecule has 1 aliphatic rings. The first-order chi connectivity index (χ1) is 6.67. The Bertz CT molecular complexity index is 247. The van der Waals surface area contributed by atoms with E-state index in [0.717, 1.165) is 19.3 Å². The van der Waals surface area contributed by atoms with E-state index in [1.54, 1.807) is 0 Å². The summed E-state index contributed by atoms with van der Waals surface area (Å²) >= 11 is 0. The Morgan fingerprint density at radius 3 is 2.43 bits per heavy atom. The second-order valence-corrected chi connectivity index (χ2v) is 5.26. The number of hydrogen-bond acceptors (Lipinski definition) is 3. The minimum absolute atomic E-state index is 0.440. The summed E-state index contributed by atoms with van der Waals surface area (Å²) in [6.07, 6.45) is 3.76. The Balaban J connectivity index is 2.38. The maximum absolute atomic E-state index is 11.6. The molecule has 84 valence electrons. The number of piperidine rings is 1. The van der Waals surface area contributed by atoms with E-state index >= 15 is 0 Å². The van der Waals surface area contributed by atoms with E-state index in [0.29, 0.717) is 32.6 Å². The fourth-order valence-electron chi connectivity index (χ4n) is 1.50. The third kappa shape index (κ3) is 3.53. The predicted octanol–water partition coefficient (Wildman–Crippen LogP) is -0.344. The number of nitrogens with one attached hydrogen (secondary N) is 1. The van der Waals surface area contributed by atoms with Crippen molar-refractivity contribution < 1.29 is 8.42 Å². The molecule has 5 nitrogen and oxygen atoms in total. The fourth-order valence-corrected chi connectivity index (χ4v) is 2.82. The SMILES string of the molecule is NCCCNS(=O)(=O)N1CCCCC1. The topological polar surface area (TPSA) is 75.4 Å². The van der Waals surface area contributed by atoms with Gasteiger partial charge in [-0.3, -0.25) is 0 Å². The normalized spacial score (nSPS) is 19.8. The van der Waals surface area contributed by atoms with Crippen LogP contribution in [0, 0.1) is 0 Å². The highest BCUT2D eigenvalue weighted by Gasteiger charge is 2.22. The molecule has 0 aromatic heterocycles. The van der Waals surface area contributed by atoms with Gasteiger partial charge in [0.25, 0.3) is 10.2 Å². The van der Waals surface area contributed by atoms with Gasteiger partial charge in [-0.1, -0.05) is 6.42 Å². The molecule has 0 spiro atoms. The molecular weight excluding hydrogens is 202 g/mol. The van der Waals surface area contributed by atoms with Gasteiger partial charge in [-0.05, 0) is 25.8 Å². The highest BCUT2D eigenvalue weighted by Crippen LogP contribution is 2.11. The van der Waals surface area contributed by atoms with Gasteiger partial charge in [-0.2, -0.15) is 12.7 Å². The van der Waals surface area contributed by atoms with Gasteiger partial charge in [0.2, 0.25) is 0 Å². The molecule has 6 heteroatoms. The van der Waals surface area contributed by atoms with Crippen LogP contribution in [0.15, 0.2) is 0 Å². The van der Waals surface area contributed by atoms with Gasteiger partial charge in [0.1, 0.15) is 0 Å². The van der Waals surface area contributed by atoms with Crippen LogP contribution in [0.1, 0.15) is 25.7 Å². The number of nitrogens with zero attached hydrogens (tertiary/aromatic N) is 1. The number of rotatable bonds is 5. The van der Waals surface area contributed by atoms with E-state index in [1.807, 2.05) is 0 Å². The van der Waals surface area contributed by atoms with Crippen molar-refractivity contribution in [1.82, 2.24) is 9.03 Å². The van der Waals surface area contributed by atoms with Crippen molar-refractivity contribution in [2.75, 3.05) is 26.2 Å².